The maximum absolute atomic E-state index is 5.78. The van der Waals surface area contributed by atoms with E-state index < -0.39 is 0 Å². The molecule has 0 aliphatic carbocycles. The van der Waals surface area contributed by atoms with Crippen LogP contribution in [-0.2, 0) is 6.42 Å². The van der Waals surface area contributed by atoms with Crippen LogP contribution in [0.4, 0.5) is 5.82 Å². The molecule has 3 rings (SSSR count). The van der Waals surface area contributed by atoms with Crippen LogP contribution in [0.3, 0.4) is 0 Å². The molecule has 102 valence electrons. The van der Waals surface area contributed by atoms with E-state index in [-0.39, 0.29) is 0 Å². The molecule has 2 aromatic heterocycles. The topological polar surface area (TPSA) is 46.6 Å². The van der Waals surface area contributed by atoms with E-state index in [9.17, 15) is 0 Å². The van der Waals surface area contributed by atoms with Gasteiger partial charge in [-0.2, -0.15) is 0 Å². The number of rotatable bonds is 3. The van der Waals surface area contributed by atoms with E-state index in [0.717, 1.165) is 24.4 Å². The van der Waals surface area contributed by atoms with E-state index >= 15 is 0 Å². The Morgan fingerprint density at radius 1 is 1.37 bits per heavy atom. The fraction of sp³-hybridized carbons (Fsp3) is 0.533. The molecule has 0 amide bonds. The van der Waals surface area contributed by atoms with E-state index in [1.54, 1.807) is 0 Å². The van der Waals surface area contributed by atoms with Crippen molar-refractivity contribution in [3.05, 3.63) is 30.1 Å². The molecule has 1 saturated heterocycles. The maximum atomic E-state index is 5.78. The highest BCUT2D eigenvalue weighted by Crippen LogP contribution is 2.28. The van der Waals surface area contributed by atoms with E-state index in [1.165, 1.54) is 25.0 Å². The first-order valence-corrected chi connectivity index (χ1v) is 7.24. The van der Waals surface area contributed by atoms with Crippen LogP contribution in [-0.4, -0.2) is 28.5 Å². The van der Waals surface area contributed by atoms with Gasteiger partial charge in [-0.3, -0.25) is 0 Å². The molecule has 0 spiro atoms. The van der Waals surface area contributed by atoms with Crippen molar-refractivity contribution >= 4 is 11.5 Å². The summed E-state index contributed by atoms with van der Waals surface area (Å²) in [5.41, 5.74) is 8.07. The van der Waals surface area contributed by atoms with Gasteiger partial charge in [0.1, 0.15) is 5.65 Å². The Morgan fingerprint density at radius 2 is 2.26 bits per heavy atom. The normalized spacial score (nSPS) is 20.1. The van der Waals surface area contributed by atoms with Gasteiger partial charge in [0.15, 0.2) is 5.82 Å². The molecular formula is C15H22N4. The van der Waals surface area contributed by atoms with Crippen LogP contribution in [0.2, 0.25) is 0 Å². The van der Waals surface area contributed by atoms with Gasteiger partial charge in [0.05, 0.1) is 5.69 Å². The van der Waals surface area contributed by atoms with Crippen molar-refractivity contribution in [2.45, 2.75) is 38.6 Å². The second kappa shape index (κ2) is 5.21. The van der Waals surface area contributed by atoms with Crippen LogP contribution in [0.5, 0.6) is 0 Å². The van der Waals surface area contributed by atoms with Crippen LogP contribution in [0.1, 0.15) is 31.9 Å². The zero-order valence-corrected chi connectivity index (χ0v) is 11.5. The molecular weight excluding hydrogens is 236 g/mol. The number of hydrogen-bond donors (Lipinski definition) is 1. The first-order valence-electron chi connectivity index (χ1n) is 7.24. The first-order chi connectivity index (χ1) is 9.31. The van der Waals surface area contributed by atoms with Gasteiger partial charge in [-0.15, -0.1) is 0 Å². The van der Waals surface area contributed by atoms with E-state index in [1.807, 2.05) is 6.07 Å². The summed E-state index contributed by atoms with van der Waals surface area (Å²) in [5.74, 6) is 1.14. The molecule has 1 atom stereocenters. The summed E-state index contributed by atoms with van der Waals surface area (Å²) in [4.78, 5) is 7.30. The number of pyridine rings is 1. The standard InChI is InChI=1S/C15H22N4/c1-12-6-2-4-10-18(12)15-13(8-9-16)19-11-5-3-7-14(19)17-15/h3,5,7,11-12H,2,4,6,8-10,16H2,1H3. The van der Waals surface area contributed by atoms with Crippen molar-refractivity contribution in [2.24, 2.45) is 5.73 Å². The predicted octanol–water partition coefficient (Wildman–Crippen LogP) is 2.21. The average Bonchev–Trinajstić information content (AvgIpc) is 2.79. The number of nitrogens with two attached hydrogens (primary N) is 1. The smallest absolute Gasteiger partial charge is 0.151 e. The molecule has 3 heterocycles. The van der Waals surface area contributed by atoms with E-state index in [0.29, 0.717) is 12.6 Å². The highest BCUT2D eigenvalue weighted by molar-refractivity contribution is 5.56. The Balaban J connectivity index is 2.08. The van der Waals surface area contributed by atoms with Crippen LogP contribution >= 0.6 is 0 Å². The molecule has 2 aromatic rings. The molecule has 19 heavy (non-hydrogen) atoms. The van der Waals surface area contributed by atoms with Crippen LogP contribution < -0.4 is 10.6 Å². The van der Waals surface area contributed by atoms with Gasteiger partial charge < -0.3 is 15.0 Å². The monoisotopic (exact) mass is 258 g/mol. The van der Waals surface area contributed by atoms with E-state index in [2.05, 4.69) is 34.6 Å². The van der Waals surface area contributed by atoms with Gasteiger partial charge in [0.2, 0.25) is 0 Å². The van der Waals surface area contributed by atoms with Crippen LogP contribution in [0.25, 0.3) is 5.65 Å². The summed E-state index contributed by atoms with van der Waals surface area (Å²) < 4.78 is 2.18. The second-order valence-electron chi connectivity index (χ2n) is 5.39. The molecule has 1 aliphatic heterocycles. The lowest BCUT2D eigenvalue weighted by atomic mass is 10.0. The number of hydrogen-bond acceptors (Lipinski definition) is 3. The molecule has 0 saturated carbocycles. The third-order valence-electron chi connectivity index (χ3n) is 4.06. The Bertz CT molecular complexity index is 560. The molecule has 0 bridgehead atoms. The van der Waals surface area contributed by atoms with Crippen molar-refractivity contribution in [1.29, 1.82) is 0 Å². The number of fused-ring (bicyclic) bond motifs is 1. The van der Waals surface area contributed by atoms with Crippen LogP contribution in [0, 0.1) is 0 Å². The third-order valence-corrected chi connectivity index (χ3v) is 4.06. The molecule has 0 aromatic carbocycles. The van der Waals surface area contributed by atoms with Crippen molar-refractivity contribution in [3.63, 3.8) is 0 Å². The molecule has 4 heteroatoms. The summed E-state index contributed by atoms with van der Waals surface area (Å²) in [5, 5.41) is 0. The van der Waals surface area contributed by atoms with Gasteiger partial charge in [-0.25, -0.2) is 4.98 Å². The number of nitrogens with zero attached hydrogens (tertiary/aromatic N) is 3. The van der Waals surface area contributed by atoms with Gasteiger partial charge in [0, 0.05) is 25.2 Å². The van der Waals surface area contributed by atoms with Gasteiger partial charge >= 0.3 is 0 Å². The Labute approximate surface area is 114 Å². The first kappa shape index (κ1) is 12.5. The maximum Gasteiger partial charge on any atom is 0.151 e. The largest absolute Gasteiger partial charge is 0.352 e. The summed E-state index contributed by atoms with van der Waals surface area (Å²) in [7, 11) is 0. The lowest BCUT2D eigenvalue weighted by Gasteiger charge is -2.34. The zero-order valence-electron chi connectivity index (χ0n) is 11.5. The van der Waals surface area contributed by atoms with Gasteiger partial charge in [-0.05, 0) is 44.9 Å². The highest BCUT2D eigenvalue weighted by Gasteiger charge is 2.24. The quantitative estimate of drug-likeness (QED) is 0.918. The van der Waals surface area contributed by atoms with Crippen molar-refractivity contribution < 1.29 is 0 Å². The minimum absolute atomic E-state index is 0.579. The predicted molar refractivity (Wildman–Crippen MR) is 78.6 cm³/mol. The number of piperidine rings is 1. The average molecular weight is 258 g/mol. The minimum atomic E-state index is 0.579. The van der Waals surface area contributed by atoms with Gasteiger partial charge in [-0.1, -0.05) is 6.07 Å². The molecule has 2 N–H and O–H groups in total. The summed E-state index contributed by atoms with van der Waals surface area (Å²) >= 11 is 0. The fourth-order valence-corrected chi connectivity index (χ4v) is 3.05. The van der Waals surface area contributed by atoms with Crippen LogP contribution in [0.15, 0.2) is 24.4 Å². The highest BCUT2D eigenvalue weighted by atomic mass is 15.3. The van der Waals surface area contributed by atoms with Crippen molar-refractivity contribution in [3.8, 4) is 0 Å². The number of aromatic nitrogens is 2. The molecule has 1 unspecified atom stereocenters. The Kier molecular flexibility index (Phi) is 3.42. The Morgan fingerprint density at radius 3 is 3.05 bits per heavy atom. The lowest BCUT2D eigenvalue weighted by Crippen LogP contribution is -2.38. The molecule has 1 fully saturated rings. The Hall–Kier alpha value is -1.55. The number of imidazole rings is 1. The van der Waals surface area contributed by atoms with E-state index in [4.69, 9.17) is 10.7 Å². The third kappa shape index (κ3) is 2.21. The number of anilines is 1. The molecule has 4 nitrogen and oxygen atoms in total. The summed E-state index contributed by atoms with van der Waals surface area (Å²) in [6.07, 6.45) is 6.82. The summed E-state index contributed by atoms with van der Waals surface area (Å²) in [6, 6.07) is 6.74. The lowest BCUT2D eigenvalue weighted by molar-refractivity contribution is 0.480. The fourth-order valence-electron chi connectivity index (χ4n) is 3.05. The minimum Gasteiger partial charge on any atom is -0.352 e. The summed E-state index contributed by atoms with van der Waals surface area (Å²) in [6.45, 7) is 4.08. The van der Waals surface area contributed by atoms with Crippen molar-refractivity contribution in [2.75, 3.05) is 18.0 Å². The van der Waals surface area contributed by atoms with Crippen molar-refractivity contribution in [1.82, 2.24) is 9.38 Å². The SMILES string of the molecule is CC1CCCCN1c1nc2ccccn2c1CCN. The van der Waals surface area contributed by atoms with Gasteiger partial charge in [0.25, 0.3) is 0 Å². The molecule has 0 radical (unpaired) electrons. The zero-order chi connectivity index (χ0) is 13.2. The molecule has 1 aliphatic rings. The second-order valence-corrected chi connectivity index (χ2v) is 5.39.